The summed E-state index contributed by atoms with van der Waals surface area (Å²) in [5.41, 5.74) is -0.821. The highest BCUT2D eigenvalue weighted by molar-refractivity contribution is 7.50. The lowest BCUT2D eigenvalue weighted by Crippen LogP contribution is -2.44. The molecule has 2 rings (SSSR count). The van der Waals surface area contributed by atoms with Gasteiger partial charge in [0.05, 0.1) is 14.1 Å². The zero-order chi connectivity index (χ0) is 18.8. The minimum atomic E-state index is -0.888. The number of fused-ring (bicyclic) bond motifs is 2. The standard InChI is InChI=1S/C17H34NO4P/c1-12(2)18(13(3)4)23(10-8-9-19-7)22-16-15-11-20-17(16,6)14(5)21-15/h12-16H,8-11H2,1-7H3/t14-,15-,16-,17-,23?/m0/s1/i6D,11T/t11-,14+,15+,16+,17+,23?/m1. The minimum Gasteiger partial charge on any atom is -0.385 e. The molecule has 2 saturated heterocycles. The SMILES string of the molecule is [2H]C[C@]12O[C@H]([3H])[C@H](O[C@H]1C)[C@@H]2OP(CCCOC)N(C(C)C)C(C)C. The molecule has 0 aromatic heterocycles. The van der Waals surface area contributed by atoms with E-state index in [2.05, 4.69) is 32.4 Å². The molecule has 23 heavy (non-hydrogen) atoms. The van der Waals surface area contributed by atoms with Gasteiger partial charge in [0.1, 0.15) is 26.1 Å². The maximum absolute atomic E-state index is 8.12. The average molecular weight is 350 g/mol. The topological polar surface area (TPSA) is 40.2 Å². The molecular weight excluding hydrogens is 313 g/mol. The van der Waals surface area contributed by atoms with Crippen molar-refractivity contribution >= 4 is 8.30 Å². The first-order chi connectivity index (χ1) is 11.8. The van der Waals surface area contributed by atoms with Crippen molar-refractivity contribution in [2.24, 2.45) is 0 Å². The van der Waals surface area contributed by atoms with E-state index in [1.807, 2.05) is 6.92 Å². The minimum absolute atomic E-state index is 0.0509. The fourth-order valence-corrected chi connectivity index (χ4v) is 5.79. The van der Waals surface area contributed by atoms with Crippen LogP contribution in [0.25, 0.3) is 0 Å². The molecule has 0 amide bonds. The van der Waals surface area contributed by atoms with E-state index in [1.54, 1.807) is 7.11 Å². The van der Waals surface area contributed by atoms with E-state index in [1.165, 1.54) is 0 Å². The van der Waals surface area contributed by atoms with Crippen molar-refractivity contribution in [2.75, 3.05) is 26.5 Å². The van der Waals surface area contributed by atoms with Crippen LogP contribution in [0.5, 0.6) is 0 Å². The first kappa shape index (κ1) is 16.7. The third-order valence-electron chi connectivity index (χ3n) is 4.50. The monoisotopic (exact) mass is 350 g/mol. The third kappa shape index (κ3) is 4.08. The second kappa shape index (κ2) is 8.07. The van der Waals surface area contributed by atoms with E-state index in [0.717, 1.165) is 12.6 Å². The van der Waals surface area contributed by atoms with Crippen LogP contribution >= 0.6 is 8.30 Å². The Bertz CT molecular complexity index is 423. The molecule has 0 aromatic rings. The number of rotatable bonds is 9. The number of nitrogens with zero attached hydrogens (tertiary/aromatic N) is 1. The molecule has 5 nitrogen and oxygen atoms in total. The van der Waals surface area contributed by atoms with Crippen LogP contribution in [0.3, 0.4) is 0 Å². The number of hydrogen-bond acceptors (Lipinski definition) is 5. The van der Waals surface area contributed by atoms with Crippen molar-refractivity contribution < 1.29 is 21.5 Å². The lowest BCUT2D eigenvalue weighted by Gasteiger charge is -2.40. The van der Waals surface area contributed by atoms with Crippen LogP contribution < -0.4 is 0 Å². The van der Waals surface area contributed by atoms with E-state index >= 15 is 0 Å². The molecule has 136 valence electrons. The van der Waals surface area contributed by atoms with Crippen LogP contribution in [0.15, 0.2) is 0 Å². The van der Waals surface area contributed by atoms with Crippen LogP contribution in [0.2, 0.25) is 0 Å². The Balaban J connectivity index is 2.20. The van der Waals surface area contributed by atoms with Gasteiger partial charge in [0.2, 0.25) is 0 Å². The zero-order valence-corrected chi connectivity index (χ0v) is 16.2. The van der Waals surface area contributed by atoms with E-state index in [4.69, 9.17) is 21.5 Å². The Kier molecular flexibility index (Phi) is 5.86. The van der Waals surface area contributed by atoms with Crippen molar-refractivity contribution in [1.29, 1.82) is 0 Å². The average Bonchev–Trinajstić information content (AvgIpc) is 2.94. The van der Waals surface area contributed by atoms with Crippen molar-refractivity contribution in [2.45, 2.75) is 83.9 Å². The van der Waals surface area contributed by atoms with Gasteiger partial charge in [-0.1, -0.05) is 0 Å². The maximum atomic E-state index is 8.12. The molecule has 0 N–H and O–H groups in total. The molecule has 1 unspecified atom stereocenters. The Hall–Kier alpha value is 0.230. The van der Waals surface area contributed by atoms with E-state index in [0.29, 0.717) is 18.7 Å². The molecule has 2 aliphatic rings. The van der Waals surface area contributed by atoms with Gasteiger partial charge in [-0.2, -0.15) is 0 Å². The highest BCUT2D eigenvalue weighted by atomic mass is 31.2. The smallest absolute Gasteiger partial charge is 0.123 e. The van der Waals surface area contributed by atoms with Gasteiger partial charge in [-0.25, -0.2) is 0 Å². The summed E-state index contributed by atoms with van der Waals surface area (Å²) >= 11 is 0. The Labute approximate surface area is 145 Å². The fourth-order valence-electron chi connectivity index (χ4n) is 3.35. The molecule has 0 aliphatic carbocycles. The van der Waals surface area contributed by atoms with Gasteiger partial charge in [-0.05, 0) is 47.9 Å². The van der Waals surface area contributed by atoms with Crippen LogP contribution in [-0.4, -0.2) is 67.1 Å². The molecule has 0 radical (unpaired) electrons. The Morgan fingerprint density at radius 3 is 2.70 bits per heavy atom. The van der Waals surface area contributed by atoms with Crippen molar-refractivity contribution in [3.63, 3.8) is 0 Å². The number of methoxy groups -OCH3 is 1. The molecule has 2 fully saturated rings. The van der Waals surface area contributed by atoms with Gasteiger partial charge < -0.3 is 18.7 Å². The van der Waals surface area contributed by atoms with E-state index in [9.17, 15) is 0 Å². The summed E-state index contributed by atoms with van der Waals surface area (Å²) in [4.78, 5) is 0. The van der Waals surface area contributed by atoms with Crippen LogP contribution in [0, 0.1) is 0 Å². The summed E-state index contributed by atoms with van der Waals surface area (Å²) in [6, 6.07) is 0.705. The normalized spacial score (nSPS) is 39.3. The highest BCUT2D eigenvalue weighted by Gasteiger charge is 2.60. The predicted octanol–water partition coefficient (Wildman–Crippen LogP) is 3.42. The lowest BCUT2D eigenvalue weighted by molar-refractivity contribution is -0.132. The molecule has 2 aliphatic heterocycles. The van der Waals surface area contributed by atoms with Crippen LogP contribution in [0.1, 0.15) is 50.7 Å². The third-order valence-corrected chi connectivity index (χ3v) is 7.11. The van der Waals surface area contributed by atoms with Gasteiger partial charge in [0.25, 0.3) is 0 Å². The molecule has 6 heteroatoms. The van der Waals surface area contributed by atoms with Crippen molar-refractivity contribution in [3.8, 4) is 0 Å². The van der Waals surface area contributed by atoms with Crippen LogP contribution in [0.4, 0.5) is 0 Å². The Morgan fingerprint density at radius 2 is 2.13 bits per heavy atom. The summed E-state index contributed by atoms with van der Waals surface area (Å²) in [6.07, 6.45) is 0.841. The quantitative estimate of drug-likeness (QED) is 0.471. The summed E-state index contributed by atoms with van der Waals surface area (Å²) in [5, 5.41) is 0. The Morgan fingerprint density at radius 1 is 1.43 bits per heavy atom. The molecule has 2 heterocycles. The van der Waals surface area contributed by atoms with Gasteiger partial charge in [0.15, 0.2) is 0 Å². The lowest BCUT2D eigenvalue weighted by atomic mass is 9.96. The highest BCUT2D eigenvalue weighted by Crippen LogP contribution is 2.53. The first-order valence-electron chi connectivity index (χ1n) is 9.83. The molecule has 0 spiro atoms. The molecule has 2 bridgehead atoms. The summed E-state index contributed by atoms with van der Waals surface area (Å²) in [5.74, 6) is 0. The number of ether oxygens (including phenoxy) is 3. The predicted molar refractivity (Wildman–Crippen MR) is 94.0 cm³/mol. The van der Waals surface area contributed by atoms with Crippen molar-refractivity contribution in [1.82, 2.24) is 4.67 Å². The van der Waals surface area contributed by atoms with E-state index < -0.39 is 26.6 Å². The second-order valence-electron chi connectivity index (χ2n) is 6.97. The van der Waals surface area contributed by atoms with Gasteiger partial charge >= 0.3 is 0 Å². The maximum Gasteiger partial charge on any atom is 0.123 e. The fraction of sp³-hybridized carbons (Fsp3) is 1.00. The molecule has 6 atom stereocenters. The van der Waals surface area contributed by atoms with Gasteiger partial charge in [-0.15, -0.1) is 0 Å². The largest absolute Gasteiger partial charge is 0.385 e. The van der Waals surface area contributed by atoms with Gasteiger partial charge in [-0.3, -0.25) is 4.67 Å². The van der Waals surface area contributed by atoms with Crippen LogP contribution in [-0.2, 0) is 18.7 Å². The van der Waals surface area contributed by atoms with E-state index in [-0.39, 0.29) is 19.1 Å². The van der Waals surface area contributed by atoms with Gasteiger partial charge in [0, 0.05) is 33.3 Å². The second-order valence-corrected chi connectivity index (χ2v) is 8.79. The summed E-state index contributed by atoms with van der Waals surface area (Å²) in [7, 11) is 0.827. The summed E-state index contributed by atoms with van der Waals surface area (Å²) < 4.78 is 42.1. The molecule has 0 saturated carbocycles. The zero-order valence-electron chi connectivity index (χ0n) is 17.3. The molecular formula is C17H34NO4P. The first-order valence-corrected chi connectivity index (χ1v) is 9.94. The summed E-state index contributed by atoms with van der Waals surface area (Å²) in [6.45, 7) is 10.6. The van der Waals surface area contributed by atoms with Crippen molar-refractivity contribution in [3.05, 3.63) is 0 Å². The molecule has 0 aromatic carbocycles. The number of hydrogen-bond donors (Lipinski definition) is 0.